The van der Waals surface area contributed by atoms with Gasteiger partial charge in [0.1, 0.15) is 0 Å². The number of rotatable bonds is 2. The van der Waals surface area contributed by atoms with Crippen LogP contribution in [0.4, 0.5) is 5.69 Å². The smallest absolute Gasteiger partial charge is 0.0705 e. The van der Waals surface area contributed by atoms with Gasteiger partial charge in [0.15, 0.2) is 0 Å². The fraction of sp³-hybridized carbons (Fsp3) is 0.118. The SMILES string of the molecule is Cc1ccc(N)c(Cc2ccc3ccccc3n2)c1. The maximum absolute atomic E-state index is 6.02. The summed E-state index contributed by atoms with van der Waals surface area (Å²) in [7, 11) is 0. The minimum Gasteiger partial charge on any atom is -0.398 e. The molecule has 94 valence electrons. The number of nitrogen functional groups attached to an aromatic ring is 1. The highest BCUT2D eigenvalue weighted by Gasteiger charge is 2.03. The number of aryl methyl sites for hydroxylation is 1. The van der Waals surface area contributed by atoms with Crippen LogP contribution in [0.15, 0.2) is 54.6 Å². The first-order valence-corrected chi connectivity index (χ1v) is 6.42. The summed E-state index contributed by atoms with van der Waals surface area (Å²) >= 11 is 0. The first-order chi connectivity index (χ1) is 9.22. The monoisotopic (exact) mass is 248 g/mol. The average Bonchev–Trinajstić information content (AvgIpc) is 2.43. The summed E-state index contributed by atoms with van der Waals surface area (Å²) in [6.07, 6.45) is 0.776. The molecule has 0 saturated carbocycles. The summed E-state index contributed by atoms with van der Waals surface area (Å²) in [6, 6.07) is 18.5. The first kappa shape index (κ1) is 11.7. The van der Waals surface area contributed by atoms with Crippen LogP contribution in [0.2, 0.25) is 0 Å². The number of nitrogens with zero attached hydrogens (tertiary/aromatic N) is 1. The molecule has 2 nitrogen and oxygen atoms in total. The van der Waals surface area contributed by atoms with Crippen molar-refractivity contribution in [3.8, 4) is 0 Å². The lowest BCUT2D eigenvalue weighted by atomic mass is 10.0. The normalized spacial score (nSPS) is 10.8. The second-order valence-corrected chi connectivity index (χ2v) is 4.87. The summed E-state index contributed by atoms with van der Waals surface area (Å²) in [5.41, 5.74) is 11.3. The van der Waals surface area contributed by atoms with E-state index in [0.29, 0.717) is 0 Å². The zero-order valence-electron chi connectivity index (χ0n) is 10.9. The highest BCUT2D eigenvalue weighted by Crippen LogP contribution is 2.19. The van der Waals surface area contributed by atoms with Gasteiger partial charge in [-0.3, -0.25) is 4.98 Å². The largest absolute Gasteiger partial charge is 0.398 e. The van der Waals surface area contributed by atoms with Crippen LogP contribution < -0.4 is 5.73 Å². The molecule has 0 aliphatic carbocycles. The van der Waals surface area contributed by atoms with Crippen molar-refractivity contribution in [1.82, 2.24) is 4.98 Å². The summed E-state index contributed by atoms with van der Waals surface area (Å²) in [4.78, 5) is 4.69. The predicted octanol–water partition coefficient (Wildman–Crippen LogP) is 3.72. The van der Waals surface area contributed by atoms with Crippen molar-refractivity contribution < 1.29 is 0 Å². The van der Waals surface area contributed by atoms with Crippen LogP contribution in [0.25, 0.3) is 10.9 Å². The van der Waals surface area contributed by atoms with E-state index in [9.17, 15) is 0 Å². The number of fused-ring (bicyclic) bond motifs is 1. The first-order valence-electron chi connectivity index (χ1n) is 6.42. The quantitative estimate of drug-likeness (QED) is 0.702. The van der Waals surface area contributed by atoms with Crippen molar-refractivity contribution in [2.24, 2.45) is 0 Å². The molecule has 2 N–H and O–H groups in total. The van der Waals surface area contributed by atoms with Crippen LogP contribution in [0.1, 0.15) is 16.8 Å². The third kappa shape index (κ3) is 2.43. The summed E-state index contributed by atoms with van der Waals surface area (Å²) in [5.74, 6) is 0. The van der Waals surface area contributed by atoms with E-state index in [1.807, 2.05) is 30.3 Å². The second-order valence-electron chi connectivity index (χ2n) is 4.87. The number of hydrogen-bond acceptors (Lipinski definition) is 2. The topological polar surface area (TPSA) is 38.9 Å². The molecule has 19 heavy (non-hydrogen) atoms. The summed E-state index contributed by atoms with van der Waals surface area (Å²) in [6.45, 7) is 2.08. The lowest BCUT2D eigenvalue weighted by molar-refractivity contribution is 1.10. The summed E-state index contributed by atoms with van der Waals surface area (Å²) < 4.78 is 0. The lowest BCUT2D eigenvalue weighted by Crippen LogP contribution is -1.98. The molecule has 0 fully saturated rings. The zero-order chi connectivity index (χ0) is 13.2. The Morgan fingerprint density at radius 2 is 1.84 bits per heavy atom. The number of nitrogens with two attached hydrogens (primary N) is 1. The van der Waals surface area contributed by atoms with Gasteiger partial charge in [-0.05, 0) is 30.7 Å². The van der Waals surface area contributed by atoms with Crippen LogP contribution in [0, 0.1) is 6.92 Å². The van der Waals surface area contributed by atoms with E-state index < -0.39 is 0 Å². The van der Waals surface area contributed by atoms with Crippen LogP contribution in [-0.2, 0) is 6.42 Å². The van der Waals surface area contributed by atoms with Crippen LogP contribution in [0.5, 0.6) is 0 Å². The average molecular weight is 248 g/mol. The fourth-order valence-corrected chi connectivity index (χ4v) is 2.29. The maximum atomic E-state index is 6.02. The highest BCUT2D eigenvalue weighted by atomic mass is 14.7. The lowest BCUT2D eigenvalue weighted by Gasteiger charge is -2.07. The third-order valence-electron chi connectivity index (χ3n) is 3.33. The van der Waals surface area contributed by atoms with E-state index in [-0.39, 0.29) is 0 Å². The molecule has 0 aliphatic heterocycles. The Balaban J connectivity index is 1.98. The molecule has 0 spiro atoms. The number of para-hydroxylation sites is 1. The Labute approximate surface area is 112 Å². The van der Waals surface area contributed by atoms with E-state index in [4.69, 9.17) is 5.73 Å². The maximum Gasteiger partial charge on any atom is 0.0705 e. The molecule has 3 aromatic rings. The number of anilines is 1. The van der Waals surface area contributed by atoms with Crippen molar-refractivity contribution in [2.75, 3.05) is 5.73 Å². The van der Waals surface area contributed by atoms with Gasteiger partial charge in [0.05, 0.1) is 5.52 Å². The van der Waals surface area contributed by atoms with Crippen molar-refractivity contribution in [1.29, 1.82) is 0 Å². The molecular weight excluding hydrogens is 232 g/mol. The van der Waals surface area contributed by atoms with Crippen molar-refractivity contribution in [3.05, 3.63) is 71.4 Å². The Hall–Kier alpha value is -2.35. The highest BCUT2D eigenvalue weighted by molar-refractivity contribution is 5.78. The van der Waals surface area contributed by atoms with Gasteiger partial charge in [0.25, 0.3) is 0 Å². The van der Waals surface area contributed by atoms with Crippen LogP contribution >= 0.6 is 0 Å². The molecule has 0 saturated heterocycles. The molecule has 0 atom stereocenters. The molecule has 1 aromatic heterocycles. The molecule has 0 bridgehead atoms. The van der Waals surface area contributed by atoms with Gasteiger partial charge >= 0.3 is 0 Å². The van der Waals surface area contributed by atoms with Crippen molar-refractivity contribution in [3.63, 3.8) is 0 Å². The van der Waals surface area contributed by atoms with Gasteiger partial charge in [0.2, 0.25) is 0 Å². The Kier molecular flexibility index (Phi) is 2.92. The van der Waals surface area contributed by atoms with Gasteiger partial charge in [-0.25, -0.2) is 0 Å². The molecule has 0 radical (unpaired) electrons. The Morgan fingerprint density at radius 3 is 2.74 bits per heavy atom. The number of aromatic nitrogens is 1. The van der Waals surface area contributed by atoms with E-state index in [2.05, 4.69) is 36.2 Å². The molecule has 0 unspecified atom stereocenters. The van der Waals surface area contributed by atoms with E-state index in [1.165, 1.54) is 10.9 Å². The molecule has 3 rings (SSSR count). The molecular formula is C17H16N2. The van der Waals surface area contributed by atoms with E-state index in [0.717, 1.165) is 28.9 Å². The minimum atomic E-state index is 0.776. The van der Waals surface area contributed by atoms with E-state index >= 15 is 0 Å². The number of hydrogen-bond donors (Lipinski definition) is 1. The van der Waals surface area contributed by atoms with Gasteiger partial charge in [-0.1, -0.05) is 42.0 Å². The third-order valence-corrected chi connectivity index (χ3v) is 3.33. The van der Waals surface area contributed by atoms with E-state index in [1.54, 1.807) is 0 Å². The minimum absolute atomic E-state index is 0.776. The van der Waals surface area contributed by atoms with Gasteiger partial charge in [0, 0.05) is 23.2 Å². The second kappa shape index (κ2) is 4.73. The Bertz CT molecular complexity index is 732. The number of pyridine rings is 1. The van der Waals surface area contributed by atoms with Gasteiger partial charge in [-0.2, -0.15) is 0 Å². The van der Waals surface area contributed by atoms with Gasteiger partial charge < -0.3 is 5.73 Å². The molecule has 1 heterocycles. The van der Waals surface area contributed by atoms with Crippen molar-refractivity contribution >= 4 is 16.6 Å². The zero-order valence-corrected chi connectivity index (χ0v) is 10.9. The molecule has 2 aromatic carbocycles. The fourth-order valence-electron chi connectivity index (χ4n) is 2.29. The molecule has 0 amide bonds. The Morgan fingerprint density at radius 1 is 1.00 bits per heavy atom. The molecule has 0 aliphatic rings. The summed E-state index contributed by atoms with van der Waals surface area (Å²) in [5, 5.41) is 1.17. The van der Waals surface area contributed by atoms with Crippen molar-refractivity contribution in [2.45, 2.75) is 13.3 Å². The standard InChI is InChI=1S/C17H16N2/c1-12-6-9-16(18)14(10-12)11-15-8-7-13-4-2-3-5-17(13)19-15/h2-10H,11,18H2,1H3. The van der Waals surface area contributed by atoms with Crippen LogP contribution in [-0.4, -0.2) is 4.98 Å². The predicted molar refractivity (Wildman–Crippen MR) is 80.1 cm³/mol. The number of benzene rings is 2. The van der Waals surface area contributed by atoms with Crippen LogP contribution in [0.3, 0.4) is 0 Å². The van der Waals surface area contributed by atoms with Gasteiger partial charge in [-0.15, -0.1) is 0 Å². The molecule has 2 heteroatoms.